The van der Waals surface area contributed by atoms with Crippen LogP contribution in [0.25, 0.3) is 0 Å². The van der Waals surface area contributed by atoms with Crippen molar-refractivity contribution >= 4 is 17.5 Å². The maximum atomic E-state index is 12.8. The van der Waals surface area contributed by atoms with Gasteiger partial charge in [-0.3, -0.25) is 10.1 Å². The number of aliphatic hydroxyl groups is 1. The van der Waals surface area contributed by atoms with Crippen LogP contribution in [0.15, 0.2) is 30.5 Å². The van der Waals surface area contributed by atoms with E-state index in [0.29, 0.717) is 30.2 Å². The normalized spacial score (nSPS) is 24.3. The molecular weight excluding hydrogens is 565 g/mol. The van der Waals surface area contributed by atoms with Crippen LogP contribution < -0.4 is 20.7 Å². The maximum absolute atomic E-state index is 12.8. The number of hydrogen-bond donors (Lipinski definition) is 4. The van der Waals surface area contributed by atoms with Gasteiger partial charge in [0.25, 0.3) is 0 Å². The largest absolute Gasteiger partial charge is 0.573 e. The van der Waals surface area contributed by atoms with Gasteiger partial charge in [-0.1, -0.05) is 38.0 Å². The Kier molecular flexibility index (Phi) is 11.8. The number of ether oxygens (including phenoxy) is 1. The maximum Gasteiger partial charge on any atom is 0.573 e. The zero-order valence-corrected chi connectivity index (χ0v) is 24.6. The average molecular weight is 609 g/mol. The van der Waals surface area contributed by atoms with E-state index in [9.17, 15) is 28.4 Å². The summed E-state index contributed by atoms with van der Waals surface area (Å²) < 4.78 is 42.5. The van der Waals surface area contributed by atoms with Gasteiger partial charge in [0, 0.05) is 18.7 Å². The van der Waals surface area contributed by atoms with Gasteiger partial charge in [0.2, 0.25) is 11.8 Å². The fourth-order valence-corrected chi connectivity index (χ4v) is 6.53. The summed E-state index contributed by atoms with van der Waals surface area (Å²) in [5, 5.41) is 31.2. The molecule has 13 heteroatoms. The average Bonchev–Trinajstić information content (AvgIpc) is 2.96. The smallest absolute Gasteiger partial charge is 0.405 e. The molecule has 2 aliphatic rings. The van der Waals surface area contributed by atoms with Gasteiger partial charge in [-0.2, -0.15) is 4.98 Å². The molecule has 0 amide bonds. The molecule has 1 aromatic heterocycles. The molecule has 1 heterocycles. The molecule has 0 saturated heterocycles. The van der Waals surface area contributed by atoms with Crippen LogP contribution in [0.2, 0.25) is 0 Å². The number of aliphatic hydroxyl groups excluding tert-OH is 1. The molecule has 2 saturated carbocycles. The monoisotopic (exact) mass is 608 g/mol. The standard InChI is InChI=1S/C30H43F3N6O4/c1-2-5-21-12-22(16-34-15-20-8-10-25(40)11-9-20)14-23(13-21)17-35-28-26(39(41)42)19-37-29(38-28)36-18-24-6-3-4-7-27(24)43-30(31,32)33/h3-4,6-7,19-23,25,34,40H,2,5,8-18H2,1H3,(H2,35,36,37,38)/t20-,21?,22-,23-,25-/m1/s1. The Morgan fingerprint density at radius 3 is 2.37 bits per heavy atom. The van der Waals surface area contributed by atoms with E-state index < -0.39 is 11.3 Å². The fraction of sp³-hybridized carbons (Fsp3) is 0.667. The van der Waals surface area contributed by atoms with Crippen molar-refractivity contribution in [3.63, 3.8) is 0 Å². The molecule has 43 heavy (non-hydrogen) atoms. The van der Waals surface area contributed by atoms with Gasteiger partial charge in [-0.15, -0.1) is 13.2 Å². The minimum Gasteiger partial charge on any atom is -0.405 e. The third-order valence-corrected chi connectivity index (χ3v) is 8.54. The lowest BCUT2D eigenvalue weighted by Crippen LogP contribution is -2.36. The van der Waals surface area contributed by atoms with E-state index in [0.717, 1.165) is 70.7 Å². The SMILES string of the molecule is CCCC1C[C@@H](CNC[C@H]2CC[C@H](O)CC2)C[C@H](CNc2nc(NCc3ccccc3OC(F)(F)F)ncc2[N+](=O)[O-])C1. The number of halogens is 3. The van der Waals surface area contributed by atoms with Crippen LogP contribution in [-0.4, -0.2) is 52.1 Å². The zero-order valence-electron chi connectivity index (χ0n) is 24.6. The first-order chi connectivity index (χ1) is 20.6. The van der Waals surface area contributed by atoms with Gasteiger partial charge in [0.05, 0.1) is 11.0 Å². The second kappa shape index (κ2) is 15.5. The van der Waals surface area contributed by atoms with E-state index in [1.165, 1.54) is 24.6 Å². The Bertz CT molecular complexity index is 1180. The Hall–Kier alpha value is -3.19. The summed E-state index contributed by atoms with van der Waals surface area (Å²) in [6, 6.07) is 5.73. The Morgan fingerprint density at radius 2 is 1.67 bits per heavy atom. The Morgan fingerprint density at radius 1 is 1.00 bits per heavy atom. The highest BCUT2D eigenvalue weighted by Gasteiger charge is 2.32. The molecule has 1 aromatic carbocycles. The summed E-state index contributed by atoms with van der Waals surface area (Å²) in [4.78, 5) is 19.5. The van der Waals surface area contributed by atoms with Crippen LogP contribution in [0, 0.1) is 33.8 Å². The van der Waals surface area contributed by atoms with E-state index in [-0.39, 0.29) is 41.4 Å². The first-order valence-corrected chi connectivity index (χ1v) is 15.3. The number of anilines is 2. The summed E-state index contributed by atoms with van der Waals surface area (Å²) in [5.74, 6) is 1.83. The summed E-state index contributed by atoms with van der Waals surface area (Å²) in [5.41, 5.74) is -0.0238. The third kappa shape index (κ3) is 10.5. The third-order valence-electron chi connectivity index (χ3n) is 8.54. The van der Waals surface area contributed by atoms with Crippen LogP contribution >= 0.6 is 0 Å². The van der Waals surface area contributed by atoms with Crippen molar-refractivity contribution in [3.05, 3.63) is 46.1 Å². The van der Waals surface area contributed by atoms with Gasteiger partial charge in [0.1, 0.15) is 11.9 Å². The number of nitrogens with zero attached hydrogens (tertiary/aromatic N) is 3. The predicted molar refractivity (Wildman–Crippen MR) is 158 cm³/mol. The van der Waals surface area contributed by atoms with E-state index in [1.54, 1.807) is 6.07 Å². The number of nitro groups is 1. The van der Waals surface area contributed by atoms with E-state index >= 15 is 0 Å². The minimum absolute atomic E-state index is 0.0553. The molecule has 0 bridgehead atoms. The molecule has 10 nitrogen and oxygen atoms in total. The predicted octanol–water partition coefficient (Wildman–Crippen LogP) is 6.28. The first kappa shape index (κ1) is 32.7. The number of rotatable bonds is 14. The van der Waals surface area contributed by atoms with Gasteiger partial charge >= 0.3 is 12.0 Å². The lowest BCUT2D eigenvalue weighted by Gasteiger charge is -2.36. The lowest BCUT2D eigenvalue weighted by atomic mass is 9.73. The van der Waals surface area contributed by atoms with Gasteiger partial charge in [0.15, 0.2) is 0 Å². The number of nitrogens with one attached hydrogen (secondary N) is 3. The van der Waals surface area contributed by atoms with Crippen molar-refractivity contribution in [3.8, 4) is 5.75 Å². The van der Waals surface area contributed by atoms with Crippen LogP contribution in [0.4, 0.5) is 30.6 Å². The molecule has 4 N–H and O–H groups in total. The Balaban J connectivity index is 1.36. The van der Waals surface area contributed by atoms with Gasteiger partial charge in [-0.25, -0.2) is 4.98 Å². The minimum atomic E-state index is -4.83. The Labute approximate surface area is 250 Å². The summed E-state index contributed by atoms with van der Waals surface area (Å²) >= 11 is 0. The van der Waals surface area contributed by atoms with Crippen molar-refractivity contribution in [1.29, 1.82) is 0 Å². The second-order valence-electron chi connectivity index (χ2n) is 12.0. The molecule has 0 radical (unpaired) electrons. The zero-order chi connectivity index (χ0) is 30.8. The molecule has 2 fully saturated rings. The highest BCUT2D eigenvalue weighted by atomic mass is 19.4. The van der Waals surface area contributed by atoms with Crippen LogP contribution in [0.3, 0.4) is 0 Å². The van der Waals surface area contributed by atoms with Crippen molar-refractivity contribution in [2.24, 2.45) is 23.7 Å². The molecule has 2 aromatic rings. The van der Waals surface area contributed by atoms with E-state index in [1.807, 2.05) is 0 Å². The number of alkyl halides is 3. The number of para-hydroxylation sites is 1. The van der Waals surface area contributed by atoms with E-state index in [4.69, 9.17) is 0 Å². The number of benzene rings is 1. The van der Waals surface area contributed by atoms with Gasteiger partial charge < -0.3 is 25.8 Å². The highest BCUT2D eigenvalue weighted by Crippen LogP contribution is 2.36. The van der Waals surface area contributed by atoms with Crippen molar-refractivity contribution < 1.29 is 27.9 Å². The summed E-state index contributed by atoms with van der Waals surface area (Å²) in [6.07, 6.45) is 5.48. The van der Waals surface area contributed by atoms with Crippen LogP contribution in [-0.2, 0) is 6.54 Å². The number of aromatic nitrogens is 2. The van der Waals surface area contributed by atoms with Crippen molar-refractivity contribution in [1.82, 2.24) is 15.3 Å². The molecule has 3 atom stereocenters. The molecule has 0 spiro atoms. The lowest BCUT2D eigenvalue weighted by molar-refractivity contribution is -0.384. The van der Waals surface area contributed by atoms with Crippen LogP contribution in [0.1, 0.15) is 70.3 Å². The number of hydrogen-bond acceptors (Lipinski definition) is 9. The molecule has 1 unspecified atom stereocenters. The van der Waals surface area contributed by atoms with Crippen LogP contribution in [0.5, 0.6) is 5.75 Å². The highest BCUT2D eigenvalue weighted by molar-refractivity contribution is 5.57. The van der Waals surface area contributed by atoms with Gasteiger partial charge in [-0.05, 0) is 87.8 Å². The first-order valence-electron chi connectivity index (χ1n) is 15.3. The summed E-state index contributed by atoms with van der Waals surface area (Å²) in [7, 11) is 0. The second-order valence-corrected chi connectivity index (χ2v) is 12.0. The topological polar surface area (TPSA) is 134 Å². The quantitative estimate of drug-likeness (QED) is 0.144. The van der Waals surface area contributed by atoms with Crippen molar-refractivity contribution in [2.45, 2.75) is 83.7 Å². The fourth-order valence-electron chi connectivity index (χ4n) is 6.53. The molecule has 238 valence electrons. The van der Waals surface area contributed by atoms with Crippen molar-refractivity contribution in [2.75, 3.05) is 30.3 Å². The molecule has 0 aliphatic heterocycles. The molecule has 2 aliphatic carbocycles. The molecular formula is C30H43F3N6O4. The van der Waals surface area contributed by atoms with E-state index in [2.05, 4.69) is 37.6 Å². The summed E-state index contributed by atoms with van der Waals surface area (Å²) in [6.45, 7) is 4.56. The molecule has 4 rings (SSSR count).